The number of aromatic nitrogens is 3. The van der Waals surface area contributed by atoms with E-state index in [1.54, 1.807) is 6.92 Å². The van der Waals surface area contributed by atoms with Crippen molar-refractivity contribution >= 4 is 50.7 Å². The van der Waals surface area contributed by atoms with Gasteiger partial charge in [-0.25, -0.2) is 18.4 Å². The number of carbonyl (C=O) groups is 2. The normalized spacial score (nSPS) is 14.1. The number of nitrogens with one attached hydrogen (secondary N) is 3. The minimum atomic E-state index is -4.84. The molecule has 234 valence electrons. The third-order valence-corrected chi connectivity index (χ3v) is 7.89. The molecule has 0 saturated carbocycles. The molecule has 13 nitrogen and oxygen atoms in total. The van der Waals surface area contributed by atoms with E-state index < -0.39 is 39.4 Å². The molecule has 3 N–H and O–H groups in total. The molecule has 1 aromatic carbocycles. The van der Waals surface area contributed by atoms with Crippen molar-refractivity contribution in [2.45, 2.75) is 13.1 Å². The number of nitrogens with zero attached hydrogens (tertiary/aromatic N) is 5. The second-order valence-corrected chi connectivity index (χ2v) is 11.6. The number of halogens is 3. The fourth-order valence-corrected chi connectivity index (χ4v) is 5.05. The topological polar surface area (TPSA) is 159 Å². The number of amides is 2. The van der Waals surface area contributed by atoms with Gasteiger partial charge in [-0.15, -0.1) is 0 Å². The maximum atomic E-state index is 14.0. The molecule has 1 aliphatic heterocycles. The Morgan fingerprint density at radius 2 is 1.73 bits per heavy atom. The highest BCUT2D eigenvalue weighted by Gasteiger charge is 2.36. The molecule has 1 aliphatic rings. The highest BCUT2D eigenvalue weighted by molar-refractivity contribution is 7.88. The molecule has 17 heteroatoms. The van der Waals surface area contributed by atoms with Crippen LogP contribution in [0.4, 0.5) is 42.0 Å². The van der Waals surface area contributed by atoms with Crippen LogP contribution < -0.4 is 20.7 Å². The highest BCUT2D eigenvalue weighted by Crippen LogP contribution is 2.37. The molecule has 1 fully saturated rings. The molecule has 1 saturated heterocycles. The maximum Gasteiger partial charge on any atom is 0.421 e. The number of methoxy groups -OCH3 is 1. The van der Waals surface area contributed by atoms with Crippen molar-refractivity contribution in [3.8, 4) is 5.88 Å². The first kappa shape index (κ1) is 32.2. The number of ether oxygens (including phenoxy) is 1. The Kier molecular flexibility index (Phi) is 9.39. The van der Waals surface area contributed by atoms with Crippen LogP contribution in [0.5, 0.6) is 5.88 Å². The summed E-state index contributed by atoms with van der Waals surface area (Å²) in [6, 6.07) is 5.53. The van der Waals surface area contributed by atoms with E-state index >= 15 is 0 Å². The lowest BCUT2D eigenvalue weighted by Crippen LogP contribution is -2.50. The van der Waals surface area contributed by atoms with E-state index in [2.05, 4.69) is 37.5 Å². The number of carbonyl (C=O) groups excluding carboxylic acids is 2. The predicted molar refractivity (Wildman–Crippen MR) is 157 cm³/mol. The number of aryl methyl sites for hydroxylation is 1. The van der Waals surface area contributed by atoms with Gasteiger partial charge in [0, 0.05) is 50.2 Å². The number of piperazine rings is 1. The number of rotatable bonds is 9. The van der Waals surface area contributed by atoms with Crippen LogP contribution >= 0.6 is 0 Å². The minimum Gasteiger partial charge on any atom is -0.481 e. The fourth-order valence-electron chi connectivity index (χ4n) is 4.22. The van der Waals surface area contributed by atoms with Gasteiger partial charge in [0.1, 0.15) is 11.4 Å². The number of anilines is 5. The molecule has 3 heterocycles. The number of benzene rings is 1. The number of hydrogen-bond acceptors (Lipinski definition) is 10. The van der Waals surface area contributed by atoms with Gasteiger partial charge >= 0.3 is 6.18 Å². The average molecular weight is 635 g/mol. The third kappa shape index (κ3) is 7.59. The van der Waals surface area contributed by atoms with Crippen LogP contribution in [0, 0.1) is 6.92 Å². The molecular weight excluding hydrogens is 605 g/mol. The van der Waals surface area contributed by atoms with Crippen molar-refractivity contribution in [3.05, 3.63) is 66.0 Å². The average Bonchev–Trinajstić information content (AvgIpc) is 2.97. The van der Waals surface area contributed by atoms with Crippen molar-refractivity contribution in [2.75, 3.05) is 55.5 Å². The minimum absolute atomic E-state index is 0.00411. The van der Waals surface area contributed by atoms with Gasteiger partial charge in [0.2, 0.25) is 27.8 Å². The predicted octanol–water partition coefficient (Wildman–Crippen LogP) is 3.54. The first-order chi connectivity index (χ1) is 20.7. The molecule has 0 atom stereocenters. The van der Waals surface area contributed by atoms with Gasteiger partial charge in [0.05, 0.1) is 30.4 Å². The first-order valence-corrected chi connectivity index (χ1v) is 14.8. The Labute approximate surface area is 251 Å². The fraction of sp³-hybridized carbons (Fsp3) is 0.296. The molecule has 4 rings (SSSR count). The van der Waals surface area contributed by atoms with E-state index in [1.165, 1.54) is 46.8 Å². The smallest absolute Gasteiger partial charge is 0.421 e. The number of alkyl halides is 3. The van der Waals surface area contributed by atoms with Crippen LogP contribution in [0.3, 0.4) is 0 Å². The summed E-state index contributed by atoms with van der Waals surface area (Å²) in [5.41, 5.74) is 0.00267. The van der Waals surface area contributed by atoms with Gasteiger partial charge in [0.25, 0.3) is 5.91 Å². The molecule has 3 aromatic rings. The molecular formula is C27H29F3N8O5S. The Morgan fingerprint density at radius 1 is 1.02 bits per heavy atom. The van der Waals surface area contributed by atoms with Gasteiger partial charge in [-0.2, -0.15) is 22.5 Å². The Morgan fingerprint density at radius 3 is 2.34 bits per heavy atom. The summed E-state index contributed by atoms with van der Waals surface area (Å²) in [4.78, 5) is 38.8. The second-order valence-electron chi connectivity index (χ2n) is 9.65. The monoisotopic (exact) mass is 634 g/mol. The van der Waals surface area contributed by atoms with Crippen LogP contribution in [0.1, 0.15) is 21.5 Å². The summed E-state index contributed by atoms with van der Waals surface area (Å²) in [7, 11) is -2.00. The van der Waals surface area contributed by atoms with E-state index in [9.17, 15) is 31.2 Å². The summed E-state index contributed by atoms with van der Waals surface area (Å²) >= 11 is 0. The highest BCUT2D eigenvalue weighted by atomic mass is 32.2. The van der Waals surface area contributed by atoms with Gasteiger partial charge in [-0.05, 0) is 36.8 Å². The molecule has 2 aromatic heterocycles. The summed E-state index contributed by atoms with van der Waals surface area (Å²) in [5.74, 6) is -1.67. The molecule has 2 amide bonds. The number of pyridine rings is 1. The summed E-state index contributed by atoms with van der Waals surface area (Å²) in [5, 5.41) is 7.97. The Hall–Kier alpha value is -4.77. The maximum absolute atomic E-state index is 14.0. The first-order valence-electron chi connectivity index (χ1n) is 13.0. The summed E-state index contributed by atoms with van der Waals surface area (Å²) < 4.78 is 71.9. The SMILES string of the molecule is C=CC(=O)Nc1cc(C(=O)N2CCN(S(C)(=O)=O)CC2)ccc1Nc1nc(Nc2cc(OC)ncc2C)ncc1C(F)(F)F. The Bertz CT molecular complexity index is 1690. The van der Waals surface area contributed by atoms with E-state index in [4.69, 9.17) is 4.74 Å². The van der Waals surface area contributed by atoms with E-state index in [0.717, 1.165) is 12.3 Å². The van der Waals surface area contributed by atoms with E-state index in [0.29, 0.717) is 17.4 Å². The zero-order valence-corrected chi connectivity index (χ0v) is 24.7. The quantitative estimate of drug-likeness (QED) is 0.297. The molecule has 44 heavy (non-hydrogen) atoms. The third-order valence-electron chi connectivity index (χ3n) is 6.59. The van der Waals surface area contributed by atoms with Crippen molar-refractivity contribution in [3.63, 3.8) is 0 Å². The lowest BCUT2D eigenvalue weighted by atomic mass is 10.1. The second kappa shape index (κ2) is 12.8. The van der Waals surface area contributed by atoms with Crippen LogP contribution in [0.2, 0.25) is 0 Å². The molecule has 0 bridgehead atoms. The molecule has 0 unspecified atom stereocenters. The van der Waals surface area contributed by atoms with Gasteiger partial charge in [-0.3, -0.25) is 9.59 Å². The van der Waals surface area contributed by atoms with Gasteiger partial charge in [-0.1, -0.05) is 6.58 Å². The van der Waals surface area contributed by atoms with Crippen molar-refractivity contribution in [2.24, 2.45) is 0 Å². The van der Waals surface area contributed by atoms with Gasteiger partial charge < -0.3 is 25.6 Å². The van der Waals surface area contributed by atoms with Crippen LogP contribution in [-0.4, -0.2) is 83.9 Å². The molecule has 0 aliphatic carbocycles. The van der Waals surface area contributed by atoms with Crippen molar-refractivity contribution < 1.29 is 35.9 Å². The van der Waals surface area contributed by atoms with Crippen LogP contribution in [0.15, 0.2) is 49.3 Å². The van der Waals surface area contributed by atoms with Crippen molar-refractivity contribution in [1.29, 1.82) is 0 Å². The Balaban J connectivity index is 1.67. The summed E-state index contributed by atoms with van der Waals surface area (Å²) in [6.07, 6.45) is -0.676. The zero-order valence-electron chi connectivity index (χ0n) is 23.9. The van der Waals surface area contributed by atoms with Gasteiger partial charge in [0.15, 0.2) is 0 Å². The summed E-state index contributed by atoms with van der Waals surface area (Å²) in [6.45, 7) is 5.61. The molecule has 0 spiro atoms. The van der Waals surface area contributed by atoms with E-state index in [1.807, 2.05) is 0 Å². The van der Waals surface area contributed by atoms with Crippen LogP contribution in [0.25, 0.3) is 0 Å². The molecule has 0 radical (unpaired) electrons. The lowest BCUT2D eigenvalue weighted by Gasteiger charge is -2.33. The zero-order chi connectivity index (χ0) is 32.2. The standard InChI is InChI=1S/C27H29F3N8O5S/c1-5-22(39)33-21-12-17(25(40)37-8-10-38(11-9-37)44(4,41)42)6-7-19(21)34-24-18(27(28,29)30)15-32-26(36-24)35-20-13-23(43-3)31-14-16(20)2/h5-7,12-15H,1,8-11H2,2-4H3,(H,33,39)(H2,31,32,34,35,36). The van der Waals surface area contributed by atoms with E-state index in [-0.39, 0.29) is 54.9 Å². The number of sulfonamides is 1. The van der Waals surface area contributed by atoms with Crippen molar-refractivity contribution in [1.82, 2.24) is 24.2 Å². The van der Waals surface area contributed by atoms with Crippen LogP contribution in [-0.2, 0) is 21.0 Å². The number of hydrogen-bond donors (Lipinski definition) is 3. The lowest BCUT2D eigenvalue weighted by molar-refractivity contribution is -0.137. The largest absolute Gasteiger partial charge is 0.481 e.